The predicted octanol–water partition coefficient (Wildman–Crippen LogP) is 4.42. The second-order valence-electron chi connectivity index (χ2n) is 6.33. The lowest BCUT2D eigenvalue weighted by Gasteiger charge is -2.08. The molecule has 0 amide bonds. The number of benzene rings is 3. The van der Waals surface area contributed by atoms with Crippen LogP contribution < -0.4 is 0 Å². The van der Waals surface area contributed by atoms with Crippen LogP contribution in [0.15, 0.2) is 71.9 Å². The summed E-state index contributed by atoms with van der Waals surface area (Å²) in [6.45, 7) is 0.648. The van der Waals surface area contributed by atoms with Gasteiger partial charge in [-0.05, 0) is 52.4 Å². The maximum absolute atomic E-state index is 10.9. The third kappa shape index (κ3) is 2.56. The zero-order chi connectivity index (χ0) is 18.2. The van der Waals surface area contributed by atoms with E-state index in [9.17, 15) is 4.91 Å². The van der Waals surface area contributed by atoms with Crippen molar-refractivity contribution in [1.82, 2.24) is 25.2 Å². The summed E-state index contributed by atoms with van der Waals surface area (Å²) < 4.78 is 2.24. The van der Waals surface area contributed by atoms with E-state index in [1.807, 2.05) is 36.4 Å². The molecule has 0 aliphatic carbocycles. The largest absolute Gasteiger partial charge is 0.336 e. The van der Waals surface area contributed by atoms with E-state index >= 15 is 0 Å². The first-order valence-electron chi connectivity index (χ1n) is 8.50. The Morgan fingerprint density at radius 1 is 0.926 bits per heavy atom. The van der Waals surface area contributed by atoms with Crippen LogP contribution in [0.4, 0.5) is 5.69 Å². The smallest absolute Gasteiger partial charge is 0.204 e. The Labute approximate surface area is 153 Å². The summed E-state index contributed by atoms with van der Waals surface area (Å²) in [5, 5.41) is 19.6. The van der Waals surface area contributed by atoms with Crippen molar-refractivity contribution in [3.05, 3.63) is 77.2 Å². The van der Waals surface area contributed by atoms with E-state index in [1.165, 1.54) is 0 Å². The second-order valence-corrected chi connectivity index (χ2v) is 6.33. The lowest BCUT2D eigenvalue weighted by Crippen LogP contribution is -1.99. The number of rotatable bonds is 4. The molecule has 130 valence electrons. The number of fused-ring (bicyclic) bond motifs is 3. The number of tetrazole rings is 1. The average molecular weight is 354 g/mol. The summed E-state index contributed by atoms with van der Waals surface area (Å²) in [6.07, 6.45) is 0. The first kappa shape index (κ1) is 15.4. The molecule has 0 radical (unpaired) electrons. The van der Waals surface area contributed by atoms with E-state index in [0.717, 1.165) is 32.9 Å². The standard InChI is InChI=1S/C20H14N6O/c27-23-15-5-3-4-13(10-15)12-26-18-7-2-1-6-16(18)17-11-14(8-9-19(17)26)20-21-24-25-22-20/h1-11H,12H2,(H,21,22,24,25). The van der Waals surface area contributed by atoms with Crippen molar-refractivity contribution in [3.8, 4) is 11.4 Å². The van der Waals surface area contributed by atoms with Gasteiger partial charge < -0.3 is 4.57 Å². The Kier molecular flexibility index (Phi) is 3.50. The number of hydrogen-bond donors (Lipinski definition) is 1. The van der Waals surface area contributed by atoms with Crippen LogP contribution in [0, 0.1) is 4.91 Å². The maximum atomic E-state index is 10.9. The predicted molar refractivity (Wildman–Crippen MR) is 104 cm³/mol. The highest BCUT2D eigenvalue weighted by molar-refractivity contribution is 6.09. The van der Waals surface area contributed by atoms with Crippen molar-refractivity contribution in [2.45, 2.75) is 6.54 Å². The van der Waals surface area contributed by atoms with Gasteiger partial charge in [0, 0.05) is 33.9 Å². The minimum atomic E-state index is 0.438. The van der Waals surface area contributed by atoms with Gasteiger partial charge in [0.05, 0.1) is 0 Å². The molecule has 2 aromatic heterocycles. The van der Waals surface area contributed by atoms with E-state index < -0.39 is 0 Å². The molecule has 0 atom stereocenters. The lowest BCUT2D eigenvalue weighted by atomic mass is 10.1. The fourth-order valence-electron chi connectivity index (χ4n) is 3.54. The highest BCUT2D eigenvalue weighted by atomic mass is 16.3. The van der Waals surface area contributed by atoms with Gasteiger partial charge >= 0.3 is 0 Å². The van der Waals surface area contributed by atoms with Gasteiger partial charge in [0.15, 0.2) is 0 Å². The number of hydrogen-bond acceptors (Lipinski definition) is 5. The Hall–Kier alpha value is -3.87. The summed E-state index contributed by atoms with van der Waals surface area (Å²) in [4.78, 5) is 10.9. The molecule has 7 heteroatoms. The van der Waals surface area contributed by atoms with Gasteiger partial charge in [0.1, 0.15) is 5.69 Å². The van der Waals surface area contributed by atoms with Crippen molar-refractivity contribution < 1.29 is 0 Å². The molecule has 0 saturated carbocycles. The van der Waals surface area contributed by atoms with Crippen LogP contribution in [0.2, 0.25) is 0 Å². The number of nitrogens with one attached hydrogen (secondary N) is 1. The molecule has 1 N–H and O–H groups in total. The quantitative estimate of drug-likeness (QED) is 0.484. The van der Waals surface area contributed by atoms with Gasteiger partial charge in [0.25, 0.3) is 0 Å². The molecule has 5 aromatic rings. The monoisotopic (exact) mass is 354 g/mol. The van der Waals surface area contributed by atoms with Crippen molar-refractivity contribution >= 4 is 27.5 Å². The van der Waals surface area contributed by atoms with Gasteiger partial charge in [-0.2, -0.15) is 5.21 Å². The molecular formula is C20H14N6O. The van der Waals surface area contributed by atoms with E-state index in [4.69, 9.17) is 0 Å². The van der Waals surface area contributed by atoms with E-state index in [1.54, 1.807) is 6.07 Å². The van der Waals surface area contributed by atoms with E-state index in [0.29, 0.717) is 18.1 Å². The van der Waals surface area contributed by atoms with E-state index in [2.05, 4.69) is 54.6 Å². The number of para-hydroxylation sites is 1. The Morgan fingerprint density at radius 3 is 2.67 bits per heavy atom. The van der Waals surface area contributed by atoms with Crippen LogP contribution in [-0.2, 0) is 6.54 Å². The van der Waals surface area contributed by atoms with Gasteiger partial charge in [-0.15, -0.1) is 15.1 Å². The summed E-state index contributed by atoms with van der Waals surface area (Å²) in [5.74, 6) is 0.568. The normalized spacial score (nSPS) is 11.3. The number of aromatic amines is 1. The highest BCUT2D eigenvalue weighted by Gasteiger charge is 2.13. The van der Waals surface area contributed by atoms with Crippen LogP contribution >= 0.6 is 0 Å². The molecule has 3 aromatic carbocycles. The number of nitrogens with zero attached hydrogens (tertiary/aromatic N) is 5. The zero-order valence-electron chi connectivity index (χ0n) is 14.2. The van der Waals surface area contributed by atoms with Gasteiger partial charge in [-0.1, -0.05) is 30.3 Å². The van der Waals surface area contributed by atoms with Crippen molar-refractivity contribution in [2.75, 3.05) is 0 Å². The first-order chi connectivity index (χ1) is 13.3. The molecular weight excluding hydrogens is 340 g/mol. The molecule has 0 unspecified atom stereocenters. The summed E-state index contributed by atoms with van der Waals surface area (Å²) in [5.41, 5.74) is 4.60. The fourth-order valence-corrected chi connectivity index (χ4v) is 3.54. The molecule has 0 bridgehead atoms. The van der Waals surface area contributed by atoms with Gasteiger partial charge in [0.2, 0.25) is 5.82 Å². The summed E-state index contributed by atoms with van der Waals surface area (Å²) in [7, 11) is 0. The first-order valence-corrected chi connectivity index (χ1v) is 8.50. The Balaban J connectivity index is 1.71. The van der Waals surface area contributed by atoms with E-state index in [-0.39, 0.29) is 0 Å². The summed E-state index contributed by atoms with van der Waals surface area (Å²) in [6, 6.07) is 21.8. The highest BCUT2D eigenvalue weighted by Crippen LogP contribution is 2.32. The third-order valence-corrected chi connectivity index (χ3v) is 4.73. The van der Waals surface area contributed by atoms with Gasteiger partial charge in [-0.25, -0.2) is 0 Å². The molecule has 0 aliphatic rings. The molecule has 0 aliphatic heterocycles. The fraction of sp³-hybridized carbons (Fsp3) is 0.0500. The summed E-state index contributed by atoms with van der Waals surface area (Å²) >= 11 is 0. The van der Waals surface area contributed by atoms with Gasteiger partial charge in [-0.3, -0.25) is 0 Å². The minimum absolute atomic E-state index is 0.438. The SMILES string of the molecule is O=Nc1cccc(Cn2c3ccccc3c3cc(-c4nn[nH]n4)ccc32)c1. The number of nitroso groups, excluding NO2 is 1. The molecule has 0 spiro atoms. The van der Waals surface area contributed by atoms with Crippen LogP contribution in [0.1, 0.15) is 5.56 Å². The molecule has 27 heavy (non-hydrogen) atoms. The maximum Gasteiger partial charge on any atom is 0.204 e. The molecule has 7 nitrogen and oxygen atoms in total. The molecule has 0 fully saturated rings. The molecule has 5 rings (SSSR count). The zero-order valence-corrected chi connectivity index (χ0v) is 14.2. The number of H-pyrrole nitrogens is 1. The van der Waals surface area contributed by atoms with Crippen molar-refractivity contribution in [1.29, 1.82) is 0 Å². The van der Waals surface area contributed by atoms with Crippen LogP contribution in [0.25, 0.3) is 33.2 Å². The number of aromatic nitrogens is 5. The van der Waals surface area contributed by atoms with Crippen LogP contribution in [0.5, 0.6) is 0 Å². The van der Waals surface area contributed by atoms with Crippen LogP contribution in [0.3, 0.4) is 0 Å². The minimum Gasteiger partial charge on any atom is -0.336 e. The second kappa shape index (κ2) is 6.14. The lowest BCUT2D eigenvalue weighted by molar-refractivity contribution is 0.869. The van der Waals surface area contributed by atoms with Crippen molar-refractivity contribution in [3.63, 3.8) is 0 Å². The molecule has 0 saturated heterocycles. The average Bonchev–Trinajstić information content (AvgIpc) is 3.36. The molecule has 2 heterocycles. The Bertz CT molecular complexity index is 1270. The van der Waals surface area contributed by atoms with Crippen molar-refractivity contribution in [2.24, 2.45) is 5.18 Å². The topological polar surface area (TPSA) is 88.8 Å². The third-order valence-electron chi connectivity index (χ3n) is 4.73. The Morgan fingerprint density at radius 2 is 1.81 bits per heavy atom. The van der Waals surface area contributed by atoms with Crippen LogP contribution in [-0.4, -0.2) is 25.2 Å².